The average molecular weight is 699 g/mol. The number of rotatable bonds is 7. The largest absolute Gasteiger partial charge is 0.456 e. The Morgan fingerprint density at radius 3 is 1.49 bits per heavy atom. The summed E-state index contributed by atoms with van der Waals surface area (Å²) in [5.74, 6) is 0.780. The molecule has 2 heterocycles. The van der Waals surface area contributed by atoms with Gasteiger partial charge in [-0.3, -0.25) is 0 Å². The Hall–Kier alpha value is -6.49. The molecule has 8 aromatic carbocycles. The van der Waals surface area contributed by atoms with Gasteiger partial charge in [-0.2, -0.15) is 0 Å². The van der Waals surface area contributed by atoms with E-state index in [0.717, 1.165) is 49.5 Å². The summed E-state index contributed by atoms with van der Waals surface area (Å²) in [6.07, 6.45) is 0. The molecular weight excluding hydrogens is 665 g/mol. The first-order chi connectivity index (χ1) is 26.2. The fraction of sp³-hybridized carbons (Fsp3) is 0.0204. The van der Waals surface area contributed by atoms with Gasteiger partial charge in [-0.1, -0.05) is 121 Å². The van der Waals surface area contributed by atoms with E-state index in [-0.39, 0.29) is 0 Å². The highest BCUT2D eigenvalue weighted by Crippen LogP contribution is 2.42. The van der Waals surface area contributed by atoms with E-state index in [1.54, 1.807) is 11.8 Å². The number of nitrogen functional groups attached to an aromatic ring is 1. The predicted octanol–water partition coefficient (Wildman–Crippen LogP) is 13.6. The van der Waals surface area contributed by atoms with Crippen LogP contribution in [0, 0.1) is 0 Å². The molecule has 0 bridgehead atoms. The van der Waals surface area contributed by atoms with Crippen LogP contribution in [0.3, 0.4) is 0 Å². The minimum atomic E-state index is 0.766. The van der Waals surface area contributed by atoms with Crippen LogP contribution in [-0.2, 0) is 5.75 Å². The van der Waals surface area contributed by atoms with E-state index in [2.05, 4.69) is 168 Å². The third-order valence-electron chi connectivity index (χ3n) is 10.3. The minimum absolute atomic E-state index is 0.766. The average Bonchev–Trinajstić information content (AvgIpc) is 3.76. The van der Waals surface area contributed by atoms with E-state index in [0.29, 0.717) is 0 Å². The molecule has 0 aliphatic rings. The second kappa shape index (κ2) is 12.9. The number of fused-ring (bicyclic) bond motifs is 6. The molecule has 0 saturated heterocycles. The first kappa shape index (κ1) is 31.3. The van der Waals surface area contributed by atoms with Gasteiger partial charge in [-0.25, -0.2) is 0 Å². The number of aromatic nitrogens is 1. The maximum Gasteiger partial charge on any atom is 0.136 e. The van der Waals surface area contributed by atoms with Crippen LogP contribution in [0.25, 0.3) is 82.8 Å². The molecule has 4 heteroatoms. The van der Waals surface area contributed by atoms with Gasteiger partial charge in [0.15, 0.2) is 0 Å². The van der Waals surface area contributed by atoms with Crippen molar-refractivity contribution in [1.29, 1.82) is 0 Å². The molecule has 2 N–H and O–H groups in total. The fourth-order valence-electron chi connectivity index (χ4n) is 7.64. The number of anilines is 1. The molecule has 0 fully saturated rings. The van der Waals surface area contributed by atoms with Gasteiger partial charge >= 0.3 is 0 Å². The van der Waals surface area contributed by atoms with E-state index < -0.39 is 0 Å². The zero-order chi connectivity index (χ0) is 35.3. The van der Waals surface area contributed by atoms with Gasteiger partial charge in [-0.15, -0.1) is 11.8 Å². The summed E-state index contributed by atoms with van der Waals surface area (Å²) in [7, 11) is 0. The molecule has 0 unspecified atom stereocenters. The molecule has 53 heavy (non-hydrogen) atoms. The third-order valence-corrected chi connectivity index (χ3v) is 11.5. The molecular formula is C49H34N2OS. The summed E-state index contributed by atoms with van der Waals surface area (Å²) in [6, 6.07) is 64.8. The van der Waals surface area contributed by atoms with Gasteiger partial charge < -0.3 is 14.7 Å². The lowest BCUT2D eigenvalue weighted by molar-refractivity contribution is 0.668. The SMILES string of the molecule is Nc1ccc2oc3ccc(-c4ccccc4)cc3c2c1SCc1ccc(-n2c3ccc(-c4ccccc4)cc3c3cc(-c4ccccc4)ccc32)cc1. The summed E-state index contributed by atoms with van der Waals surface area (Å²) in [4.78, 5) is 1.06. The number of hydrogen-bond donors (Lipinski definition) is 1. The lowest BCUT2D eigenvalue weighted by atomic mass is 10.0. The molecule has 0 radical (unpaired) electrons. The first-order valence-electron chi connectivity index (χ1n) is 17.9. The Morgan fingerprint density at radius 1 is 0.453 bits per heavy atom. The first-order valence-corrected chi connectivity index (χ1v) is 18.9. The van der Waals surface area contributed by atoms with Crippen LogP contribution in [0.1, 0.15) is 5.56 Å². The Morgan fingerprint density at radius 2 is 0.943 bits per heavy atom. The lowest BCUT2D eigenvalue weighted by Gasteiger charge is -2.11. The quantitative estimate of drug-likeness (QED) is 0.133. The molecule has 0 saturated carbocycles. The van der Waals surface area contributed by atoms with Crippen molar-refractivity contribution >= 4 is 61.2 Å². The summed E-state index contributed by atoms with van der Waals surface area (Å²) < 4.78 is 8.71. The zero-order valence-corrected chi connectivity index (χ0v) is 29.7. The Kier molecular flexibility index (Phi) is 7.63. The predicted molar refractivity (Wildman–Crippen MR) is 225 cm³/mol. The van der Waals surface area contributed by atoms with E-state index in [1.165, 1.54) is 55.2 Å². The molecule has 0 atom stereocenters. The van der Waals surface area contributed by atoms with Gasteiger partial charge in [-0.05, 0) is 99.6 Å². The number of benzene rings is 8. The van der Waals surface area contributed by atoms with Crippen LogP contribution in [0.15, 0.2) is 191 Å². The summed E-state index contributed by atoms with van der Waals surface area (Å²) in [6.45, 7) is 0. The maximum absolute atomic E-state index is 6.67. The van der Waals surface area contributed by atoms with Gasteiger partial charge in [0.25, 0.3) is 0 Å². The highest BCUT2D eigenvalue weighted by molar-refractivity contribution is 7.99. The number of hydrogen-bond acceptors (Lipinski definition) is 3. The van der Waals surface area contributed by atoms with Crippen molar-refractivity contribution in [2.24, 2.45) is 0 Å². The van der Waals surface area contributed by atoms with Crippen LogP contribution in [0.4, 0.5) is 5.69 Å². The van der Waals surface area contributed by atoms with Crippen molar-refractivity contribution < 1.29 is 4.42 Å². The summed E-state index contributed by atoms with van der Waals surface area (Å²) in [5.41, 5.74) is 21.1. The van der Waals surface area contributed by atoms with E-state index in [4.69, 9.17) is 10.2 Å². The van der Waals surface area contributed by atoms with Crippen LogP contribution in [-0.4, -0.2) is 4.57 Å². The van der Waals surface area contributed by atoms with Crippen LogP contribution in [0.2, 0.25) is 0 Å². The molecule has 252 valence electrons. The maximum atomic E-state index is 6.67. The van der Waals surface area contributed by atoms with Gasteiger partial charge in [0.2, 0.25) is 0 Å². The van der Waals surface area contributed by atoms with Gasteiger partial charge in [0.1, 0.15) is 11.2 Å². The van der Waals surface area contributed by atoms with E-state index in [9.17, 15) is 0 Å². The second-order valence-electron chi connectivity index (χ2n) is 13.5. The van der Waals surface area contributed by atoms with Crippen molar-refractivity contribution in [2.45, 2.75) is 10.6 Å². The second-order valence-corrected chi connectivity index (χ2v) is 14.5. The molecule has 0 spiro atoms. The van der Waals surface area contributed by atoms with Gasteiger partial charge in [0.05, 0.1) is 11.0 Å². The molecule has 0 aliphatic heterocycles. The van der Waals surface area contributed by atoms with Crippen molar-refractivity contribution in [3.63, 3.8) is 0 Å². The van der Waals surface area contributed by atoms with E-state index in [1.807, 2.05) is 18.2 Å². The number of thioether (sulfide) groups is 1. The number of furan rings is 1. The minimum Gasteiger partial charge on any atom is -0.456 e. The van der Waals surface area contributed by atoms with Crippen molar-refractivity contribution in [1.82, 2.24) is 4.57 Å². The normalized spacial score (nSPS) is 11.6. The highest BCUT2D eigenvalue weighted by atomic mass is 32.2. The lowest BCUT2D eigenvalue weighted by Crippen LogP contribution is -1.95. The monoisotopic (exact) mass is 698 g/mol. The standard InChI is InChI=1S/C49H34N2OS/c50-43-23-27-47-48(42-30-38(20-26-46(42)52-47)35-14-8-3-9-15-35)49(43)53-31-32-16-21-39(22-17-32)51-44-24-18-36(33-10-4-1-5-11-33)28-40(44)41-29-37(19-25-45(41)51)34-12-6-2-7-13-34/h1-30H,31,50H2. The third kappa shape index (κ3) is 5.56. The Labute approximate surface area is 311 Å². The summed E-state index contributed by atoms with van der Waals surface area (Å²) in [5, 5.41) is 4.65. The molecule has 0 amide bonds. The smallest absolute Gasteiger partial charge is 0.136 e. The zero-order valence-electron chi connectivity index (χ0n) is 28.9. The van der Waals surface area contributed by atoms with E-state index >= 15 is 0 Å². The Balaban J connectivity index is 1.02. The van der Waals surface area contributed by atoms with Crippen LogP contribution >= 0.6 is 11.8 Å². The number of nitrogens with two attached hydrogens (primary N) is 1. The van der Waals surface area contributed by atoms with Crippen LogP contribution < -0.4 is 5.73 Å². The van der Waals surface area contributed by atoms with Crippen molar-refractivity contribution in [2.75, 3.05) is 5.73 Å². The molecule has 10 rings (SSSR count). The number of nitrogens with zero attached hydrogens (tertiary/aromatic N) is 1. The molecule has 2 aromatic heterocycles. The van der Waals surface area contributed by atoms with Crippen molar-refractivity contribution in [3.05, 3.63) is 188 Å². The van der Waals surface area contributed by atoms with Crippen molar-refractivity contribution in [3.8, 4) is 39.1 Å². The Bertz CT molecular complexity index is 2830. The molecule has 3 nitrogen and oxygen atoms in total. The topological polar surface area (TPSA) is 44.1 Å². The molecule has 0 aliphatic carbocycles. The fourth-order valence-corrected chi connectivity index (χ4v) is 8.73. The molecule has 10 aromatic rings. The highest BCUT2D eigenvalue weighted by Gasteiger charge is 2.17. The van der Waals surface area contributed by atoms with Gasteiger partial charge in [0, 0.05) is 43.6 Å². The van der Waals surface area contributed by atoms with Crippen LogP contribution in [0.5, 0.6) is 0 Å². The summed E-state index contributed by atoms with van der Waals surface area (Å²) >= 11 is 1.77.